The van der Waals surface area contributed by atoms with Crippen LogP contribution in [0.4, 0.5) is 8.78 Å². The van der Waals surface area contributed by atoms with Gasteiger partial charge in [0.15, 0.2) is 0 Å². The Kier molecular flexibility index (Phi) is 9.17. The van der Waals surface area contributed by atoms with Crippen molar-refractivity contribution in [2.24, 2.45) is 0 Å². The summed E-state index contributed by atoms with van der Waals surface area (Å²) in [5.41, 5.74) is 0. The van der Waals surface area contributed by atoms with Crippen LogP contribution in [0.5, 0.6) is 0 Å². The third-order valence-corrected chi connectivity index (χ3v) is 0. The van der Waals surface area contributed by atoms with E-state index in [1.54, 1.807) is 0 Å². The Labute approximate surface area is 52.6 Å². The van der Waals surface area contributed by atoms with Gasteiger partial charge >= 0.3 is 28.9 Å². The van der Waals surface area contributed by atoms with Gasteiger partial charge in [0.2, 0.25) is 0 Å². The number of halogens is 3. The largest absolute Gasteiger partial charge is 2.00 e. The molecule has 0 bridgehead atoms. The van der Waals surface area contributed by atoms with Crippen LogP contribution < -0.4 is 0 Å². The monoisotopic (exact) mass is 112 g/mol. The second-order valence-electron chi connectivity index (χ2n) is 0.247. The second kappa shape index (κ2) is 4.92. The van der Waals surface area contributed by atoms with Gasteiger partial charge in [-0.25, -0.2) is 0 Å². The fourth-order valence-corrected chi connectivity index (χ4v) is 0. The molecule has 0 amide bonds. The Morgan fingerprint density at radius 2 is 1.60 bits per heavy atom. The van der Waals surface area contributed by atoms with Gasteiger partial charge in [-0.2, -0.15) is 8.78 Å². The Bertz CT molecular complexity index is 20.4. The summed E-state index contributed by atoms with van der Waals surface area (Å²) in [7, 11) is 0. The van der Waals surface area contributed by atoms with Gasteiger partial charge in [0.05, 0.1) is 0 Å². The SMILES string of the molecule is FC(F)Cl.[H-].[H-].[Mg+2]. The molecule has 0 N–H and O–H groups in total. The van der Waals surface area contributed by atoms with Crippen molar-refractivity contribution in [3.8, 4) is 0 Å². The maximum Gasteiger partial charge on any atom is 2.00 e. The van der Waals surface area contributed by atoms with E-state index < -0.39 is 5.88 Å². The van der Waals surface area contributed by atoms with Crippen LogP contribution in [0.2, 0.25) is 0 Å². The Hall–Kier alpha value is 0.916. The number of alkyl halides is 3. The van der Waals surface area contributed by atoms with E-state index in [0.29, 0.717) is 0 Å². The van der Waals surface area contributed by atoms with Crippen LogP contribution in [-0.4, -0.2) is 28.9 Å². The minimum Gasteiger partial charge on any atom is -1.00 e. The summed E-state index contributed by atoms with van der Waals surface area (Å²) >= 11 is 3.94. The zero-order valence-electron chi connectivity index (χ0n) is 4.42. The summed E-state index contributed by atoms with van der Waals surface area (Å²) in [4.78, 5) is 0. The van der Waals surface area contributed by atoms with Crippen molar-refractivity contribution in [3.63, 3.8) is 0 Å². The van der Waals surface area contributed by atoms with Crippen LogP contribution in [0, 0.1) is 0 Å². The van der Waals surface area contributed by atoms with Crippen LogP contribution in [0.25, 0.3) is 0 Å². The van der Waals surface area contributed by atoms with Gasteiger partial charge in [-0.15, -0.1) is 0 Å². The van der Waals surface area contributed by atoms with Gasteiger partial charge in [0.1, 0.15) is 0 Å². The standard InChI is InChI=1S/CHClF2.Mg.2H/c2-1(3)4;;;/h1H;;;/q;+2;2*-1. The number of rotatable bonds is 0. The molecule has 0 atom stereocenters. The van der Waals surface area contributed by atoms with E-state index in [1.165, 1.54) is 0 Å². The van der Waals surface area contributed by atoms with E-state index in [-0.39, 0.29) is 25.9 Å². The fourth-order valence-electron chi connectivity index (χ4n) is 0. The molecule has 0 aliphatic heterocycles. The van der Waals surface area contributed by atoms with E-state index in [9.17, 15) is 8.78 Å². The average molecular weight is 113 g/mol. The summed E-state index contributed by atoms with van der Waals surface area (Å²) in [6.07, 6.45) is 0. The topological polar surface area (TPSA) is 0 Å². The Morgan fingerprint density at radius 1 is 1.60 bits per heavy atom. The van der Waals surface area contributed by atoms with Gasteiger partial charge in [0, 0.05) is 0 Å². The molecule has 0 radical (unpaired) electrons. The zero-order valence-corrected chi connectivity index (χ0v) is 4.59. The Balaban J connectivity index is -0.0000000150. The van der Waals surface area contributed by atoms with Gasteiger partial charge in [-0.05, 0) is 0 Å². The van der Waals surface area contributed by atoms with Crippen molar-refractivity contribution in [2.45, 2.75) is 5.88 Å². The van der Waals surface area contributed by atoms with E-state index in [4.69, 9.17) is 0 Å². The molecule has 0 aromatic carbocycles. The summed E-state index contributed by atoms with van der Waals surface area (Å²) in [6, 6.07) is 0. The second-order valence-corrected chi connectivity index (χ2v) is 0.577. The summed E-state index contributed by atoms with van der Waals surface area (Å²) in [5.74, 6) is -2.69. The molecule has 0 aromatic rings. The molecule has 0 saturated carbocycles. The van der Waals surface area contributed by atoms with E-state index in [0.717, 1.165) is 0 Å². The van der Waals surface area contributed by atoms with Gasteiger partial charge < -0.3 is 2.85 Å². The summed E-state index contributed by atoms with van der Waals surface area (Å²) in [5, 5.41) is 0. The molecule has 0 aliphatic rings. The molecule has 0 rings (SSSR count). The molecule has 0 aromatic heterocycles. The van der Waals surface area contributed by atoms with Crippen molar-refractivity contribution in [3.05, 3.63) is 0 Å². The average Bonchev–Trinajstić information content (AvgIpc) is 0.811. The first-order valence-corrected chi connectivity index (χ1v) is 1.09. The third kappa shape index (κ3) is 49.8. The molecule has 0 aliphatic carbocycles. The van der Waals surface area contributed by atoms with Crippen molar-refractivity contribution in [1.29, 1.82) is 0 Å². The molecule has 5 heavy (non-hydrogen) atoms. The van der Waals surface area contributed by atoms with Crippen LogP contribution in [0.3, 0.4) is 0 Å². The van der Waals surface area contributed by atoms with Crippen LogP contribution in [-0.2, 0) is 0 Å². The molecule has 0 nitrogen and oxygen atoms in total. The van der Waals surface area contributed by atoms with Crippen molar-refractivity contribution >= 4 is 34.7 Å². The predicted octanol–water partition coefficient (Wildman–Crippen LogP) is 1.29. The van der Waals surface area contributed by atoms with Crippen LogP contribution in [0.15, 0.2) is 0 Å². The molecule has 4 heteroatoms. The molecule has 0 heterocycles. The van der Waals surface area contributed by atoms with E-state index in [2.05, 4.69) is 11.6 Å². The van der Waals surface area contributed by atoms with Crippen molar-refractivity contribution < 1.29 is 11.6 Å². The molecule has 30 valence electrons. The zero-order chi connectivity index (χ0) is 3.58. The normalized spacial score (nSPS) is 7.20. The summed E-state index contributed by atoms with van der Waals surface area (Å²) < 4.78 is 20.2. The maximum atomic E-state index is 10.1. The molecule has 0 fully saturated rings. The molecule has 0 unspecified atom stereocenters. The fraction of sp³-hybridized carbons (Fsp3) is 1.00. The molecular weight excluding hydrogens is 110 g/mol. The molecule has 0 spiro atoms. The first-order chi connectivity index (χ1) is 1.73. The van der Waals surface area contributed by atoms with Gasteiger partial charge in [0.25, 0.3) is 0 Å². The van der Waals surface area contributed by atoms with Crippen molar-refractivity contribution in [2.75, 3.05) is 0 Å². The van der Waals surface area contributed by atoms with Gasteiger partial charge in [-0.3, -0.25) is 0 Å². The smallest absolute Gasteiger partial charge is 1.00 e. The molecule has 0 saturated heterocycles. The predicted molar refractivity (Wildman–Crippen MR) is 19.8 cm³/mol. The van der Waals surface area contributed by atoms with Crippen molar-refractivity contribution in [1.82, 2.24) is 0 Å². The number of hydrogen-bond acceptors (Lipinski definition) is 0. The summed E-state index contributed by atoms with van der Waals surface area (Å²) in [6.45, 7) is 0. The third-order valence-electron chi connectivity index (χ3n) is 0. The van der Waals surface area contributed by atoms with E-state index in [1.807, 2.05) is 0 Å². The molecular formula is CH3ClF2Mg. The minimum absolute atomic E-state index is 0. The van der Waals surface area contributed by atoms with Crippen LogP contribution >= 0.6 is 11.6 Å². The number of hydrogen-bond donors (Lipinski definition) is 0. The first kappa shape index (κ1) is 9.32. The van der Waals surface area contributed by atoms with Crippen LogP contribution in [0.1, 0.15) is 2.85 Å². The first-order valence-electron chi connectivity index (χ1n) is 0.655. The van der Waals surface area contributed by atoms with Gasteiger partial charge in [-0.1, -0.05) is 11.6 Å². The quantitative estimate of drug-likeness (QED) is 0.328. The van der Waals surface area contributed by atoms with E-state index >= 15 is 0 Å². The Morgan fingerprint density at radius 3 is 1.60 bits per heavy atom. The maximum absolute atomic E-state index is 10.1. The minimum atomic E-state index is -2.69.